The monoisotopic (exact) mass is 276 g/mol. The lowest BCUT2D eigenvalue weighted by Crippen LogP contribution is -2.38. The topological polar surface area (TPSA) is 87.8 Å². The highest BCUT2D eigenvalue weighted by Gasteiger charge is 2.20. The first-order valence-corrected chi connectivity index (χ1v) is 6.31. The smallest absolute Gasteiger partial charge is 0.305 e. The molecule has 0 saturated heterocycles. The van der Waals surface area contributed by atoms with Gasteiger partial charge < -0.3 is 10.0 Å². The van der Waals surface area contributed by atoms with E-state index in [-0.39, 0.29) is 24.9 Å². The van der Waals surface area contributed by atoms with Crippen LogP contribution in [0, 0.1) is 0 Å². The van der Waals surface area contributed by atoms with Crippen LogP contribution in [-0.2, 0) is 4.79 Å². The zero-order valence-corrected chi connectivity index (χ0v) is 11.4. The fraction of sp³-hybridized carbons (Fsp3) is 0.385. The normalized spacial score (nSPS) is 10.9. The van der Waals surface area contributed by atoms with Crippen LogP contribution in [0.2, 0.25) is 0 Å². The van der Waals surface area contributed by atoms with E-state index in [9.17, 15) is 9.59 Å². The lowest BCUT2D eigenvalue weighted by Gasteiger charge is -2.26. The number of nitrogens with zero attached hydrogens (tertiary/aromatic N) is 4. The number of amides is 1. The van der Waals surface area contributed by atoms with E-state index in [0.29, 0.717) is 11.2 Å². The molecule has 0 bridgehead atoms. The van der Waals surface area contributed by atoms with Crippen LogP contribution < -0.4 is 0 Å². The molecule has 0 radical (unpaired) electrons. The van der Waals surface area contributed by atoms with Crippen LogP contribution in [0.3, 0.4) is 0 Å². The zero-order valence-electron chi connectivity index (χ0n) is 11.4. The second-order valence-electron chi connectivity index (χ2n) is 4.75. The number of hydrogen-bond acceptors (Lipinski definition) is 4. The highest BCUT2D eigenvalue weighted by Crippen LogP contribution is 2.10. The Balaban J connectivity index is 2.23. The summed E-state index contributed by atoms with van der Waals surface area (Å²) < 4.78 is 1.66. The number of aliphatic carboxylic acids is 1. The van der Waals surface area contributed by atoms with Crippen molar-refractivity contribution in [3.05, 3.63) is 30.2 Å². The Morgan fingerprint density at radius 1 is 1.40 bits per heavy atom. The molecule has 2 aromatic heterocycles. The highest BCUT2D eigenvalue weighted by molar-refractivity contribution is 5.94. The third-order valence-corrected chi connectivity index (χ3v) is 2.99. The van der Waals surface area contributed by atoms with Crippen molar-refractivity contribution in [3.63, 3.8) is 0 Å². The average Bonchev–Trinajstić information content (AvgIpc) is 2.84. The SMILES string of the molecule is CC(C)N(CCC(=O)O)C(=O)c1ccc2nncn2c1. The molecule has 2 heterocycles. The number of carbonyl (C=O) groups excluding carboxylic acids is 1. The van der Waals surface area contributed by atoms with E-state index >= 15 is 0 Å². The van der Waals surface area contributed by atoms with E-state index in [1.54, 1.807) is 27.6 Å². The van der Waals surface area contributed by atoms with E-state index in [2.05, 4.69) is 10.2 Å². The van der Waals surface area contributed by atoms with E-state index in [0.717, 1.165) is 0 Å². The van der Waals surface area contributed by atoms with Crippen molar-refractivity contribution in [2.24, 2.45) is 0 Å². The van der Waals surface area contributed by atoms with Gasteiger partial charge in [-0.3, -0.25) is 14.0 Å². The first-order valence-electron chi connectivity index (χ1n) is 6.31. The van der Waals surface area contributed by atoms with Crippen LogP contribution in [-0.4, -0.2) is 49.1 Å². The highest BCUT2D eigenvalue weighted by atomic mass is 16.4. The van der Waals surface area contributed by atoms with Gasteiger partial charge in [-0.25, -0.2) is 0 Å². The van der Waals surface area contributed by atoms with Crippen molar-refractivity contribution < 1.29 is 14.7 Å². The van der Waals surface area contributed by atoms with Gasteiger partial charge in [0, 0.05) is 18.8 Å². The third-order valence-electron chi connectivity index (χ3n) is 2.99. The van der Waals surface area contributed by atoms with Crippen molar-refractivity contribution in [2.45, 2.75) is 26.3 Å². The number of carboxylic acids is 1. The van der Waals surface area contributed by atoms with Crippen LogP contribution >= 0.6 is 0 Å². The first kappa shape index (κ1) is 14.0. The number of hydrogen-bond donors (Lipinski definition) is 1. The number of pyridine rings is 1. The van der Waals surface area contributed by atoms with Gasteiger partial charge in [-0.05, 0) is 26.0 Å². The summed E-state index contributed by atoms with van der Waals surface area (Å²) in [7, 11) is 0. The Hall–Kier alpha value is -2.44. The fourth-order valence-corrected chi connectivity index (χ4v) is 1.93. The number of carbonyl (C=O) groups is 2. The standard InChI is InChI=1S/C13H16N4O3/c1-9(2)17(6-5-12(18)19)13(20)10-3-4-11-15-14-8-16(11)7-10/h3-4,7-9H,5-6H2,1-2H3,(H,18,19). The van der Waals surface area contributed by atoms with Crippen molar-refractivity contribution in [1.82, 2.24) is 19.5 Å². The molecule has 1 N–H and O–H groups in total. The summed E-state index contributed by atoms with van der Waals surface area (Å²) in [5, 5.41) is 16.4. The van der Waals surface area contributed by atoms with E-state index < -0.39 is 5.97 Å². The molecule has 0 aliphatic rings. The molecule has 7 nitrogen and oxygen atoms in total. The van der Waals surface area contributed by atoms with Crippen LogP contribution in [0.5, 0.6) is 0 Å². The summed E-state index contributed by atoms with van der Waals surface area (Å²) >= 11 is 0. The molecular formula is C13H16N4O3. The summed E-state index contributed by atoms with van der Waals surface area (Å²) in [5.74, 6) is -1.12. The third kappa shape index (κ3) is 2.93. The molecule has 0 aliphatic carbocycles. The second-order valence-corrected chi connectivity index (χ2v) is 4.75. The summed E-state index contributed by atoms with van der Waals surface area (Å²) in [6.45, 7) is 3.90. The van der Waals surface area contributed by atoms with Crippen molar-refractivity contribution in [1.29, 1.82) is 0 Å². The molecule has 2 rings (SSSR count). The lowest BCUT2D eigenvalue weighted by molar-refractivity contribution is -0.137. The van der Waals surface area contributed by atoms with E-state index in [1.165, 1.54) is 6.33 Å². The largest absolute Gasteiger partial charge is 0.481 e. The minimum absolute atomic E-state index is 0.0706. The van der Waals surface area contributed by atoms with Gasteiger partial charge in [0.25, 0.3) is 5.91 Å². The molecule has 7 heteroatoms. The molecular weight excluding hydrogens is 260 g/mol. The van der Waals surface area contributed by atoms with Crippen LogP contribution in [0.25, 0.3) is 5.65 Å². The Kier molecular flexibility index (Phi) is 3.97. The maximum atomic E-state index is 12.4. The minimum atomic E-state index is -0.919. The predicted octanol–water partition coefficient (Wildman–Crippen LogP) is 1.05. The van der Waals surface area contributed by atoms with Crippen molar-refractivity contribution >= 4 is 17.5 Å². The number of carboxylic acid groups (broad SMARTS) is 1. The molecule has 0 atom stereocenters. The molecule has 20 heavy (non-hydrogen) atoms. The van der Waals surface area contributed by atoms with Gasteiger partial charge >= 0.3 is 5.97 Å². The minimum Gasteiger partial charge on any atom is -0.481 e. The average molecular weight is 276 g/mol. The summed E-state index contributed by atoms with van der Waals surface area (Å²) in [4.78, 5) is 24.7. The Bertz CT molecular complexity index is 635. The van der Waals surface area contributed by atoms with Gasteiger partial charge in [-0.2, -0.15) is 0 Å². The molecule has 0 saturated carbocycles. The Morgan fingerprint density at radius 3 is 2.80 bits per heavy atom. The Morgan fingerprint density at radius 2 is 2.15 bits per heavy atom. The van der Waals surface area contributed by atoms with E-state index in [1.807, 2.05) is 13.8 Å². The number of rotatable bonds is 5. The van der Waals surface area contributed by atoms with Crippen LogP contribution in [0.4, 0.5) is 0 Å². The molecule has 0 aliphatic heterocycles. The predicted molar refractivity (Wildman–Crippen MR) is 71.4 cm³/mol. The van der Waals surface area contributed by atoms with Crippen LogP contribution in [0.15, 0.2) is 24.7 Å². The van der Waals surface area contributed by atoms with Crippen molar-refractivity contribution in [2.75, 3.05) is 6.54 Å². The molecule has 2 aromatic rings. The van der Waals surface area contributed by atoms with E-state index in [4.69, 9.17) is 5.11 Å². The second kappa shape index (κ2) is 5.68. The van der Waals surface area contributed by atoms with Gasteiger partial charge in [0.1, 0.15) is 6.33 Å². The molecule has 0 unspecified atom stereocenters. The van der Waals surface area contributed by atoms with Crippen LogP contribution in [0.1, 0.15) is 30.6 Å². The molecule has 106 valence electrons. The maximum absolute atomic E-state index is 12.4. The fourth-order valence-electron chi connectivity index (χ4n) is 1.93. The maximum Gasteiger partial charge on any atom is 0.305 e. The lowest BCUT2D eigenvalue weighted by atomic mass is 10.2. The van der Waals surface area contributed by atoms with Gasteiger partial charge in [0.15, 0.2) is 5.65 Å². The van der Waals surface area contributed by atoms with Gasteiger partial charge in [-0.1, -0.05) is 0 Å². The number of fused-ring (bicyclic) bond motifs is 1. The van der Waals surface area contributed by atoms with Gasteiger partial charge in [0.05, 0.1) is 12.0 Å². The quantitative estimate of drug-likeness (QED) is 0.882. The van der Waals surface area contributed by atoms with Gasteiger partial charge in [-0.15, -0.1) is 10.2 Å². The summed E-state index contributed by atoms with van der Waals surface area (Å²) in [6, 6.07) is 3.30. The summed E-state index contributed by atoms with van der Waals surface area (Å²) in [5.41, 5.74) is 1.14. The molecule has 0 fully saturated rings. The first-order chi connectivity index (χ1) is 9.49. The Labute approximate surface area is 115 Å². The molecule has 0 spiro atoms. The zero-order chi connectivity index (χ0) is 14.7. The van der Waals surface area contributed by atoms with Gasteiger partial charge in [0.2, 0.25) is 0 Å². The summed E-state index contributed by atoms with van der Waals surface area (Å²) in [6.07, 6.45) is 3.09. The number of aromatic nitrogens is 3. The van der Waals surface area contributed by atoms with Crippen molar-refractivity contribution in [3.8, 4) is 0 Å². The molecule has 1 amide bonds. The molecule has 0 aromatic carbocycles.